The quantitative estimate of drug-likeness (QED) is 0.292. The molecule has 0 spiro atoms. The summed E-state index contributed by atoms with van der Waals surface area (Å²) in [5.41, 5.74) is 0.862. The van der Waals surface area contributed by atoms with Crippen molar-refractivity contribution in [3.05, 3.63) is 39.4 Å². The molecule has 0 aliphatic rings. The number of amides is 1. The summed E-state index contributed by atoms with van der Waals surface area (Å²) in [5.74, 6) is -0.266. The zero-order valence-electron chi connectivity index (χ0n) is 9.40. The second-order valence-corrected chi connectivity index (χ2v) is 4.64. The van der Waals surface area contributed by atoms with E-state index in [0.717, 1.165) is 10.8 Å². The van der Waals surface area contributed by atoms with Crippen molar-refractivity contribution < 1.29 is 9.72 Å². The largest absolute Gasteiger partial charge is 0.352 e. The van der Waals surface area contributed by atoms with Gasteiger partial charge >= 0.3 is 0 Å². The van der Waals surface area contributed by atoms with Gasteiger partial charge in [-0.15, -0.1) is 0 Å². The van der Waals surface area contributed by atoms with Gasteiger partial charge in [-0.3, -0.25) is 14.9 Å². The highest BCUT2D eigenvalue weighted by Crippen LogP contribution is 2.19. The van der Waals surface area contributed by atoms with E-state index >= 15 is 0 Å². The SMILES string of the molecule is Cc1ccc(C(=O)NCCCI)cc1[N+](=O)[O-]. The summed E-state index contributed by atoms with van der Waals surface area (Å²) in [6.07, 6.45) is 0.889. The van der Waals surface area contributed by atoms with Crippen molar-refractivity contribution in [3.8, 4) is 0 Å². The molecular formula is C11H13IN2O3. The first kappa shape index (κ1) is 13.9. The lowest BCUT2D eigenvalue weighted by Crippen LogP contribution is -2.24. The summed E-state index contributed by atoms with van der Waals surface area (Å²) in [5, 5.41) is 13.4. The molecule has 1 aromatic carbocycles. The van der Waals surface area contributed by atoms with Gasteiger partial charge in [-0.25, -0.2) is 0 Å². The minimum atomic E-state index is -0.475. The van der Waals surface area contributed by atoms with Crippen molar-refractivity contribution in [1.82, 2.24) is 5.32 Å². The van der Waals surface area contributed by atoms with Crippen LogP contribution in [0.1, 0.15) is 22.3 Å². The summed E-state index contributed by atoms with van der Waals surface area (Å²) < 4.78 is 0.964. The molecule has 17 heavy (non-hydrogen) atoms. The Bertz CT molecular complexity index is 435. The summed E-state index contributed by atoms with van der Waals surface area (Å²) >= 11 is 2.23. The fourth-order valence-electron chi connectivity index (χ4n) is 1.32. The third kappa shape index (κ3) is 3.95. The van der Waals surface area contributed by atoms with Crippen LogP contribution in [-0.2, 0) is 0 Å². The van der Waals surface area contributed by atoms with Crippen LogP contribution in [0, 0.1) is 17.0 Å². The number of rotatable bonds is 5. The number of carbonyl (C=O) groups is 1. The standard InChI is InChI=1S/C11H13IN2O3/c1-8-3-4-9(7-10(8)14(16)17)11(15)13-6-2-5-12/h3-4,7H,2,5-6H2,1H3,(H,13,15). The van der Waals surface area contributed by atoms with Crippen LogP contribution < -0.4 is 5.32 Å². The van der Waals surface area contributed by atoms with E-state index in [1.54, 1.807) is 19.1 Å². The number of benzene rings is 1. The van der Waals surface area contributed by atoms with Crippen molar-refractivity contribution >= 4 is 34.2 Å². The van der Waals surface area contributed by atoms with E-state index in [9.17, 15) is 14.9 Å². The Labute approximate surface area is 113 Å². The van der Waals surface area contributed by atoms with Crippen LogP contribution in [0.3, 0.4) is 0 Å². The van der Waals surface area contributed by atoms with Crippen LogP contribution in [-0.4, -0.2) is 21.8 Å². The Balaban J connectivity index is 2.81. The van der Waals surface area contributed by atoms with Gasteiger partial charge in [-0.05, 0) is 19.4 Å². The molecule has 0 aromatic heterocycles. The van der Waals surface area contributed by atoms with E-state index in [2.05, 4.69) is 27.9 Å². The van der Waals surface area contributed by atoms with Crippen LogP contribution in [0.2, 0.25) is 0 Å². The van der Waals surface area contributed by atoms with E-state index in [1.807, 2.05) is 0 Å². The Morgan fingerprint density at radius 3 is 2.82 bits per heavy atom. The number of nitro groups is 1. The Morgan fingerprint density at radius 2 is 2.24 bits per heavy atom. The van der Waals surface area contributed by atoms with Crippen molar-refractivity contribution in [2.24, 2.45) is 0 Å². The number of nitrogens with one attached hydrogen (secondary N) is 1. The molecule has 6 heteroatoms. The third-order valence-electron chi connectivity index (χ3n) is 2.26. The smallest absolute Gasteiger partial charge is 0.273 e. The molecule has 0 heterocycles. The molecule has 0 saturated carbocycles. The average molecular weight is 348 g/mol. The molecule has 1 rings (SSSR count). The molecule has 1 aromatic rings. The maximum Gasteiger partial charge on any atom is 0.273 e. The number of aryl methyl sites for hydroxylation is 1. The molecule has 1 N–H and O–H groups in total. The molecule has 0 saturated heterocycles. The van der Waals surface area contributed by atoms with Crippen LogP contribution in [0.25, 0.3) is 0 Å². The maximum atomic E-state index is 11.7. The van der Waals surface area contributed by atoms with Gasteiger partial charge in [0, 0.05) is 28.2 Å². The van der Waals surface area contributed by atoms with E-state index in [1.165, 1.54) is 6.07 Å². The minimum absolute atomic E-state index is 0.0217. The van der Waals surface area contributed by atoms with Crippen molar-refractivity contribution in [2.75, 3.05) is 11.0 Å². The number of halogens is 1. The lowest BCUT2D eigenvalue weighted by molar-refractivity contribution is -0.385. The third-order valence-corrected chi connectivity index (χ3v) is 3.03. The number of nitrogens with zero attached hydrogens (tertiary/aromatic N) is 1. The van der Waals surface area contributed by atoms with Gasteiger partial charge < -0.3 is 5.32 Å². The van der Waals surface area contributed by atoms with Gasteiger partial charge in [0.25, 0.3) is 11.6 Å². The fraction of sp³-hybridized carbons (Fsp3) is 0.364. The average Bonchev–Trinajstić information content (AvgIpc) is 2.29. The number of carbonyl (C=O) groups excluding carboxylic acids is 1. The molecule has 92 valence electrons. The zero-order chi connectivity index (χ0) is 12.8. The van der Waals surface area contributed by atoms with Crippen LogP contribution in [0.5, 0.6) is 0 Å². The number of alkyl halides is 1. The van der Waals surface area contributed by atoms with Gasteiger partial charge in [0.05, 0.1) is 4.92 Å². The number of nitro benzene ring substituents is 1. The maximum absolute atomic E-state index is 11.7. The van der Waals surface area contributed by atoms with Crippen LogP contribution in [0.15, 0.2) is 18.2 Å². The molecule has 0 aliphatic heterocycles. The normalized spacial score (nSPS) is 10.0. The van der Waals surface area contributed by atoms with Crippen molar-refractivity contribution in [1.29, 1.82) is 0 Å². The van der Waals surface area contributed by atoms with Gasteiger partial charge in [-0.2, -0.15) is 0 Å². The molecule has 0 aliphatic carbocycles. The van der Waals surface area contributed by atoms with E-state index in [-0.39, 0.29) is 11.6 Å². The first-order valence-electron chi connectivity index (χ1n) is 5.15. The number of hydrogen-bond donors (Lipinski definition) is 1. The molecule has 0 radical (unpaired) electrons. The highest BCUT2D eigenvalue weighted by atomic mass is 127. The molecule has 5 nitrogen and oxygen atoms in total. The van der Waals surface area contributed by atoms with E-state index in [4.69, 9.17) is 0 Å². The van der Waals surface area contributed by atoms with Crippen LogP contribution in [0.4, 0.5) is 5.69 Å². The van der Waals surface area contributed by atoms with Gasteiger partial charge in [0.15, 0.2) is 0 Å². The van der Waals surface area contributed by atoms with Gasteiger partial charge in [0.2, 0.25) is 0 Å². The minimum Gasteiger partial charge on any atom is -0.352 e. The predicted molar refractivity (Wildman–Crippen MR) is 73.7 cm³/mol. The zero-order valence-corrected chi connectivity index (χ0v) is 11.6. The predicted octanol–water partition coefficient (Wildman–Crippen LogP) is 2.46. The molecule has 0 fully saturated rings. The fourth-order valence-corrected chi connectivity index (χ4v) is 1.70. The first-order valence-corrected chi connectivity index (χ1v) is 6.68. The molecule has 1 amide bonds. The van der Waals surface area contributed by atoms with E-state index in [0.29, 0.717) is 17.7 Å². The lowest BCUT2D eigenvalue weighted by Gasteiger charge is -2.04. The highest BCUT2D eigenvalue weighted by molar-refractivity contribution is 14.1. The Hall–Kier alpha value is -1.18. The second-order valence-electron chi connectivity index (χ2n) is 3.56. The topological polar surface area (TPSA) is 72.2 Å². The number of hydrogen-bond acceptors (Lipinski definition) is 3. The first-order chi connectivity index (χ1) is 8.06. The summed E-state index contributed by atoms with van der Waals surface area (Å²) in [7, 11) is 0. The van der Waals surface area contributed by atoms with Gasteiger partial charge in [0.1, 0.15) is 0 Å². The van der Waals surface area contributed by atoms with Crippen molar-refractivity contribution in [2.45, 2.75) is 13.3 Å². The Kier molecular flexibility index (Phi) is 5.33. The van der Waals surface area contributed by atoms with Crippen molar-refractivity contribution in [3.63, 3.8) is 0 Å². The second kappa shape index (κ2) is 6.53. The monoisotopic (exact) mass is 348 g/mol. The summed E-state index contributed by atoms with van der Waals surface area (Å²) in [6.45, 7) is 2.24. The molecule has 0 unspecified atom stereocenters. The Morgan fingerprint density at radius 1 is 1.53 bits per heavy atom. The summed E-state index contributed by atoms with van der Waals surface area (Å²) in [4.78, 5) is 21.9. The van der Waals surface area contributed by atoms with Gasteiger partial charge in [-0.1, -0.05) is 28.7 Å². The molecular weight excluding hydrogens is 335 g/mol. The van der Waals surface area contributed by atoms with Crippen LogP contribution >= 0.6 is 22.6 Å². The highest BCUT2D eigenvalue weighted by Gasteiger charge is 2.14. The molecule has 0 bridgehead atoms. The van der Waals surface area contributed by atoms with E-state index < -0.39 is 4.92 Å². The summed E-state index contributed by atoms with van der Waals surface area (Å²) in [6, 6.07) is 4.50. The lowest BCUT2D eigenvalue weighted by atomic mass is 10.1. The molecule has 0 atom stereocenters.